The van der Waals surface area contributed by atoms with Crippen molar-refractivity contribution in [1.82, 2.24) is 0 Å². The highest BCUT2D eigenvalue weighted by molar-refractivity contribution is 7.99. The molecular formula is C16H24FNS. The summed E-state index contributed by atoms with van der Waals surface area (Å²) in [6.45, 7) is 2.28. The summed E-state index contributed by atoms with van der Waals surface area (Å²) < 4.78 is 13.5. The highest BCUT2D eigenvalue weighted by Gasteiger charge is 2.24. The molecule has 1 aromatic carbocycles. The van der Waals surface area contributed by atoms with Gasteiger partial charge in [0.1, 0.15) is 5.82 Å². The SMILES string of the molecule is CCC1CCC(C(N)CSc2ccccc2F)CC1. The van der Waals surface area contributed by atoms with Gasteiger partial charge in [0, 0.05) is 16.7 Å². The Morgan fingerprint density at radius 2 is 1.95 bits per heavy atom. The van der Waals surface area contributed by atoms with Crippen LogP contribution in [0, 0.1) is 17.7 Å². The lowest BCUT2D eigenvalue weighted by atomic mass is 9.78. The third-order valence-electron chi connectivity index (χ3n) is 4.34. The van der Waals surface area contributed by atoms with Crippen LogP contribution in [0.25, 0.3) is 0 Å². The first-order valence-corrected chi connectivity index (χ1v) is 8.32. The molecule has 0 aromatic heterocycles. The Balaban J connectivity index is 1.79. The third kappa shape index (κ3) is 4.22. The Morgan fingerprint density at radius 3 is 2.58 bits per heavy atom. The molecule has 19 heavy (non-hydrogen) atoms. The summed E-state index contributed by atoms with van der Waals surface area (Å²) >= 11 is 1.56. The Labute approximate surface area is 120 Å². The lowest BCUT2D eigenvalue weighted by molar-refractivity contribution is 0.247. The number of hydrogen-bond acceptors (Lipinski definition) is 2. The molecule has 0 aliphatic heterocycles. The first kappa shape index (κ1) is 14.9. The molecule has 1 aliphatic carbocycles. The fraction of sp³-hybridized carbons (Fsp3) is 0.625. The number of thioether (sulfide) groups is 1. The minimum Gasteiger partial charge on any atom is -0.327 e. The molecule has 0 spiro atoms. The van der Waals surface area contributed by atoms with E-state index in [9.17, 15) is 4.39 Å². The highest BCUT2D eigenvalue weighted by Crippen LogP contribution is 2.33. The molecule has 3 heteroatoms. The molecule has 2 N–H and O–H groups in total. The van der Waals surface area contributed by atoms with E-state index in [1.165, 1.54) is 38.2 Å². The van der Waals surface area contributed by atoms with E-state index in [2.05, 4.69) is 6.92 Å². The van der Waals surface area contributed by atoms with Crippen molar-refractivity contribution in [2.24, 2.45) is 17.6 Å². The highest BCUT2D eigenvalue weighted by atomic mass is 32.2. The zero-order valence-electron chi connectivity index (χ0n) is 11.6. The molecule has 2 rings (SSSR count). The summed E-state index contributed by atoms with van der Waals surface area (Å²) in [5, 5.41) is 0. The second-order valence-corrected chi connectivity index (χ2v) is 6.66. The van der Waals surface area contributed by atoms with Gasteiger partial charge in [-0.3, -0.25) is 0 Å². The lowest BCUT2D eigenvalue weighted by Crippen LogP contribution is -2.35. The largest absolute Gasteiger partial charge is 0.327 e. The Bertz CT molecular complexity index is 388. The average molecular weight is 281 g/mol. The van der Waals surface area contributed by atoms with Crippen LogP contribution in [0.15, 0.2) is 29.2 Å². The van der Waals surface area contributed by atoms with E-state index in [1.807, 2.05) is 12.1 Å². The molecule has 1 aromatic rings. The van der Waals surface area contributed by atoms with E-state index in [4.69, 9.17) is 5.73 Å². The summed E-state index contributed by atoms with van der Waals surface area (Å²) in [4.78, 5) is 0.722. The van der Waals surface area contributed by atoms with Gasteiger partial charge in [0.25, 0.3) is 0 Å². The summed E-state index contributed by atoms with van der Waals surface area (Å²) in [6, 6.07) is 7.15. The Morgan fingerprint density at radius 1 is 1.26 bits per heavy atom. The van der Waals surface area contributed by atoms with E-state index in [0.717, 1.165) is 16.6 Å². The van der Waals surface area contributed by atoms with Crippen molar-refractivity contribution in [3.05, 3.63) is 30.1 Å². The van der Waals surface area contributed by atoms with E-state index in [0.29, 0.717) is 5.92 Å². The van der Waals surface area contributed by atoms with Crippen molar-refractivity contribution >= 4 is 11.8 Å². The predicted octanol–water partition coefficient (Wildman–Crippen LogP) is 4.46. The van der Waals surface area contributed by atoms with E-state index in [-0.39, 0.29) is 11.9 Å². The van der Waals surface area contributed by atoms with E-state index >= 15 is 0 Å². The molecule has 1 aliphatic rings. The first-order chi connectivity index (χ1) is 9.20. The normalized spacial score (nSPS) is 25.2. The van der Waals surface area contributed by atoms with Crippen LogP contribution in [0.1, 0.15) is 39.0 Å². The molecule has 0 saturated heterocycles. The van der Waals surface area contributed by atoms with Crippen LogP contribution in [-0.2, 0) is 0 Å². The van der Waals surface area contributed by atoms with Crippen LogP contribution in [-0.4, -0.2) is 11.8 Å². The number of hydrogen-bond donors (Lipinski definition) is 1. The van der Waals surface area contributed by atoms with Crippen molar-refractivity contribution in [2.75, 3.05) is 5.75 Å². The van der Waals surface area contributed by atoms with Gasteiger partial charge in [0.2, 0.25) is 0 Å². The summed E-state index contributed by atoms with van der Waals surface area (Å²) in [5.74, 6) is 2.22. The minimum atomic E-state index is -0.130. The summed E-state index contributed by atoms with van der Waals surface area (Å²) in [6.07, 6.45) is 6.43. The van der Waals surface area contributed by atoms with Gasteiger partial charge in [-0.05, 0) is 36.8 Å². The molecule has 0 heterocycles. The molecule has 1 unspecified atom stereocenters. The fourth-order valence-electron chi connectivity index (χ4n) is 2.91. The topological polar surface area (TPSA) is 26.0 Å². The quantitative estimate of drug-likeness (QED) is 0.806. The zero-order valence-corrected chi connectivity index (χ0v) is 12.5. The van der Waals surface area contributed by atoms with Crippen LogP contribution in [0.5, 0.6) is 0 Å². The molecule has 0 bridgehead atoms. The average Bonchev–Trinajstić information content (AvgIpc) is 2.46. The maximum atomic E-state index is 13.5. The molecular weight excluding hydrogens is 257 g/mol. The Hall–Kier alpha value is -0.540. The third-order valence-corrected chi connectivity index (χ3v) is 5.54. The first-order valence-electron chi connectivity index (χ1n) is 7.33. The maximum Gasteiger partial charge on any atom is 0.136 e. The van der Waals surface area contributed by atoms with Crippen LogP contribution >= 0.6 is 11.8 Å². The van der Waals surface area contributed by atoms with Crippen LogP contribution in [0.4, 0.5) is 4.39 Å². The number of halogens is 1. The zero-order chi connectivity index (χ0) is 13.7. The molecule has 0 radical (unpaired) electrons. The number of benzene rings is 1. The van der Waals surface area contributed by atoms with Gasteiger partial charge in [0.15, 0.2) is 0 Å². The standard InChI is InChI=1S/C16H24FNS/c1-2-12-7-9-13(10-8-12)15(18)11-19-16-6-4-3-5-14(16)17/h3-6,12-13,15H,2,7-11,18H2,1H3. The molecule has 0 amide bonds. The number of nitrogens with two attached hydrogens (primary N) is 1. The van der Waals surface area contributed by atoms with Gasteiger partial charge in [-0.25, -0.2) is 4.39 Å². The van der Waals surface area contributed by atoms with E-state index in [1.54, 1.807) is 17.8 Å². The van der Waals surface area contributed by atoms with E-state index < -0.39 is 0 Å². The molecule has 106 valence electrons. The molecule has 1 nitrogen and oxygen atoms in total. The smallest absolute Gasteiger partial charge is 0.136 e. The van der Waals surface area contributed by atoms with Crippen molar-refractivity contribution in [1.29, 1.82) is 0 Å². The second kappa shape index (κ2) is 7.30. The minimum absolute atomic E-state index is 0.130. The van der Waals surface area contributed by atoms with Gasteiger partial charge in [-0.2, -0.15) is 0 Å². The van der Waals surface area contributed by atoms with Crippen molar-refractivity contribution in [3.8, 4) is 0 Å². The summed E-state index contributed by atoms with van der Waals surface area (Å²) in [7, 11) is 0. The second-order valence-electron chi connectivity index (χ2n) is 5.59. The van der Waals surface area contributed by atoms with Crippen molar-refractivity contribution in [2.45, 2.75) is 50.0 Å². The van der Waals surface area contributed by atoms with Crippen LogP contribution in [0.2, 0.25) is 0 Å². The van der Waals surface area contributed by atoms with Crippen LogP contribution < -0.4 is 5.73 Å². The van der Waals surface area contributed by atoms with Gasteiger partial charge >= 0.3 is 0 Å². The molecule has 1 atom stereocenters. The van der Waals surface area contributed by atoms with Crippen molar-refractivity contribution < 1.29 is 4.39 Å². The fourth-order valence-corrected chi connectivity index (χ4v) is 3.93. The van der Waals surface area contributed by atoms with Gasteiger partial charge in [-0.1, -0.05) is 38.3 Å². The Kier molecular flexibility index (Phi) is 5.71. The number of rotatable bonds is 5. The monoisotopic (exact) mass is 281 g/mol. The van der Waals surface area contributed by atoms with Gasteiger partial charge < -0.3 is 5.73 Å². The molecule has 1 fully saturated rings. The lowest BCUT2D eigenvalue weighted by Gasteiger charge is -2.31. The predicted molar refractivity (Wildman–Crippen MR) is 80.8 cm³/mol. The van der Waals surface area contributed by atoms with Crippen molar-refractivity contribution in [3.63, 3.8) is 0 Å². The summed E-state index contributed by atoms with van der Waals surface area (Å²) in [5.41, 5.74) is 6.29. The van der Waals surface area contributed by atoms with Crippen LogP contribution in [0.3, 0.4) is 0 Å². The van der Waals surface area contributed by atoms with Gasteiger partial charge in [-0.15, -0.1) is 11.8 Å². The molecule has 1 saturated carbocycles. The van der Waals surface area contributed by atoms with Gasteiger partial charge in [0.05, 0.1) is 0 Å². The maximum absolute atomic E-state index is 13.5.